The Labute approximate surface area is 74.6 Å². The van der Waals surface area contributed by atoms with E-state index in [9.17, 15) is 0 Å². The van der Waals surface area contributed by atoms with Crippen LogP contribution in [0, 0.1) is 12.8 Å². The Kier molecular flexibility index (Phi) is 1.71. The minimum Gasteiger partial charge on any atom is -0.0616 e. The summed E-state index contributed by atoms with van der Waals surface area (Å²) in [5, 5.41) is 0. The van der Waals surface area contributed by atoms with Crippen molar-refractivity contribution in [2.45, 2.75) is 33.1 Å². The molecule has 64 valence electrons. The van der Waals surface area contributed by atoms with Crippen LogP contribution in [0.1, 0.15) is 36.5 Å². The topological polar surface area (TPSA) is 0 Å². The van der Waals surface area contributed by atoms with Gasteiger partial charge in [0.2, 0.25) is 0 Å². The van der Waals surface area contributed by atoms with E-state index < -0.39 is 0 Å². The molecule has 0 fully saturated rings. The van der Waals surface area contributed by atoms with Gasteiger partial charge in [0.1, 0.15) is 0 Å². The number of aryl methyl sites for hydroxylation is 1. The van der Waals surface area contributed by atoms with Crippen LogP contribution >= 0.6 is 0 Å². The van der Waals surface area contributed by atoms with Gasteiger partial charge < -0.3 is 0 Å². The lowest BCUT2D eigenvalue weighted by Crippen LogP contribution is -1.97. The van der Waals surface area contributed by atoms with E-state index in [2.05, 4.69) is 39.0 Å². The normalized spacial score (nSPS) is 27.2. The van der Waals surface area contributed by atoms with Crippen LogP contribution in [-0.2, 0) is 6.42 Å². The zero-order valence-corrected chi connectivity index (χ0v) is 8.09. The molecule has 2 atom stereocenters. The van der Waals surface area contributed by atoms with Crippen molar-refractivity contribution in [1.82, 2.24) is 0 Å². The summed E-state index contributed by atoms with van der Waals surface area (Å²) >= 11 is 0. The predicted molar refractivity (Wildman–Crippen MR) is 52.5 cm³/mol. The second-order valence-electron chi connectivity index (χ2n) is 4.17. The van der Waals surface area contributed by atoms with Crippen molar-refractivity contribution in [2.24, 2.45) is 5.92 Å². The first kappa shape index (κ1) is 7.85. The molecule has 0 saturated heterocycles. The maximum atomic E-state index is 2.35. The van der Waals surface area contributed by atoms with Crippen molar-refractivity contribution in [3.63, 3.8) is 0 Å². The number of hydrogen-bond donors (Lipinski definition) is 0. The van der Waals surface area contributed by atoms with E-state index in [1.807, 2.05) is 0 Å². The van der Waals surface area contributed by atoms with Gasteiger partial charge in [-0.05, 0) is 36.3 Å². The molecule has 0 aromatic heterocycles. The summed E-state index contributed by atoms with van der Waals surface area (Å²) < 4.78 is 0. The molecule has 0 heterocycles. The van der Waals surface area contributed by atoms with Crippen molar-refractivity contribution in [3.8, 4) is 0 Å². The standard InChI is InChI=1S/C12H16/c1-8-4-5-11-7-9(2)10(3)12(11)6-8/h4-6,9-10H,7H2,1-3H3/t9-,10-/m0/s1. The van der Waals surface area contributed by atoms with Gasteiger partial charge in [0.05, 0.1) is 0 Å². The van der Waals surface area contributed by atoms with Crippen LogP contribution < -0.4 is 0 Å². The summed E-state index contributed by atoms with van der Waals surface area (Å²) in [6, 6.07) is 6.87. The summed E-state index contributed by atoms with van der Waals surface area (Å²) in [6.45, 7) is 6.87. The quantitative estimate of drug-likeness (QED) is 0.546. The van der Waals surface area contributed by atoms with Crippen LogP contribution in [0.4, 0.5) is 0 Å². The van der Waals surface area contributed by atoms with Crippen LogP contribution in [0.2, 0.25) is 0 Å². The van der Waals surface area contributed by atoms with Gasteiger partial charge in [-0.2, -0.15) is 0 Å². The lowest BCUT2D eigenvalue weighted by Gasteiger charge is -2.09. The van der Waals surface area contributed by atoms with Gasteiger partial charge in [-0.25, -0.2) is 0 Å². The summed E-state index contributed by atoms with van der Waals surface area (Å²) in [5.41, 5.74) is 4.55. The molecule has 1 aromatic rings. The smallest absolute Gasteiger partial charge is 0.0159 e. The first-order valence-corrected chi connectivity index (χ1v) is 4.78. The fraction of sp³-hybridized carbons (Fsp3) is 0.500. The van der Waals surface area contributed by atoms with Crippen LogP contribution in [0.15, 0.2) is 18.2 Å². The minimum atomic E-state index is 0.764. The number of rotatable bonds is 0. The van der Waals surface area contributed by atoms with Crippen molar-refractivity contribution >= 4 is 0 Å². The molecule has 0 nitrogen and oxygen atoms in total. The monoisotopic (exact) mass is 160 g/mol. The Morgan fingerprint density at radius 2 is 2.00 bits per heavy atom. The van der Waals surface area contributed by atoms with Gasteiger partial charge in [-0.3, -0.25) is 0 Å². The Hall–Kier alpha value is -0.780. The maximum absolute atomic E-state index is 2.35. The molecular weight excluding hydrogens is 144 g/mol. The molecule has 0 radical (unpaired) electrons. The largest absolute Gasteiger partial charge is 0.0616 e. The first-order valence-electron chi connectivity index (χ1n) is 4.78. The highest BCUT2D eigenvalue weighted by atomic mass is 14.3. The first-order chi connectivity index (χ1) is 5.68. The van der Waals surface area contributed by atoms with Gasteiger partial charge in [0.25, 0.3) is 0 Å². The van der Waals surface area contributed by atoms with Crippen LogP contribution in [0.25, 0.3) is 0 Å². The fourth-order valence-corrected chi connectivity index (χ4v) is 2.15. The highest BCUT2D eigenvalue weighted by Crippen LogP contribution is 2.37. The van der Waals surface area contributed by atoms with Crippen LogP contribution in [0.3, 0.4) is 0 Å². The molecule has 1 aromatic carbocycles. The van der Waals surface area contributed by atoms with Gasteiger partial charge >= 0.3 is 0 Å². The van der Waals surface area contributed by atoms with Gasteiger partial charge in [0, 0.05) is 0 Å². The molecule has 12 heavy (non-hydrogen) atoms. The molecule has 0 amide bonds. The van der Waals surface area contributed by atoms with Gasteiger partial charge in [-0.15, -0.1) is 0 Å². The highest BCUT2D eigenvalue weighted by molar-refractivity contribution is 5.38. The molecule has 0 saturated carbocycles. The third kappa shape index (κ3) is 1.06. The zero-order chi connectivity index (χ0) is 8.72. The number of hydrogen-bond acceptors (Lipinski definition) is 0. The lowest BCUT2D eigenvalue weighted by molar-refractivity contribution is 0.532. The van der Waals surface area contributed by atoms with Crippen molar-refractivity contribution in [3.05, 3.63) is 34.9 Å². The number of fused-ring (bicyclic) bond motifs is 1. The van der Waals surface area contributed by atoms with E-state index in [1.54, 1.807) is 11.1 Å². The molecule has 0 spiro atoms. The zero-order valence-electron chi connectivity index (χ0n) is 8.09. The highest BCUT2D eigenvalue weighted by Gasteiger charge is 2.24. The van der Waals surface area contributed by atoms with E-state index in [4.69, 9.17) is 0 Å². The van der Waals surface area contributed by atoms with E-state index in [1.165, 1.54) is 12.0 Å². The Morgan fingerprint density at radius 3 is 2.75 bits per heavy atom. The molecule has 0 N–H and O–H groups in total. The Bertz CT molecular complexity index is 299. The molecule has 2 rings (SSSR count). The number of benzene rings is 1. The second-order valence-corrected chi connectivity index (χ2v) is 4.17. The molecule has 0 heteroatoms. The van der Waals surface area contributed by atoms with Gasteiger partial charge in [-0.1, -0.05) is 37.6 Å². The van der Waals surface area contributed by atoms with E-state index in [0.29, 0.717) is 0 Å². The second kappa shape index (κ2) is 2.62. The van der Waals surface area contributed by atoms with E-state index >= 15 is 0 Å². The molecule has 1 aliphatic carbocycles. The summed E-state index contributed by atoms with van der Waals surface area (Å²) in [4.78, 5) is 0. The van der Waals surface area contributed by atoms with Crippen LogP contribution in [-0.4, -0.2) is 0 Å². The molecular formula is C12H16. The predicted octanol–water partition coefficient (Wildman–Crippen LogP) is 3.29. The molecule has 0 unspecified atom stereocenters. The minimum absolute atomic E-state index is 0.764. The average Bonchev–Trinajstić information content (AvgIpc) is 2.31. The molecule has 1 aliphatic rings. The third-order valence-corrected chi connectivity index (χ3v) is 3.19. The summed E-state index contributed by atoms with van der Waals surface area (Å²) in [6.07, 6.45) is 1.27. The molecule has 0 bridgehead atoms. The van der Waals surface area contributed by atoms with Crippen molar-refractivity contribution < 1.29 is 0 Å². The SMILES string of the molecule is Cc1ccc2c(c1)[C@@H](C)[C@@H](C)C2. The Balaban J connectivity index is 2.48. The average molecular weight is 160 g/mol. The van der Waals surface area contributed by atoms with Crippen LogP contribution in [0.5, 0.6) is 0 Å². The fourth-order valence-electron chi connectivity index (χ4n) is 2.15. The van der Waals surface area contributed by atoms with Crippen molar-refractivity contribution in [1.29, 1.82) is 0 Å². The van der Waals surface area contributed by atoms with E-state index in [0.717, 1.165) is 11.8 Å². The summed E-state index contributed by atoms with van der Waals surface area (Å²) in [7, 11) is 0. The molecule has 0 aliphatic heterocycles. The van der Waals surface area contributed by atoms with Gasteiger partial charge in [0.15, 0.2) is 0 Å². The van der Waals surface area contributed by atoms with E-state index in [-0.39, 0.29) is 0 Å². The summed E-state index contributed by atoms with van der Waals surface area (Å²) in [5.74, 6) is 1.60. The third-order valence-electron chi connectivity index (χ3n) is 3.19. The lowest BCUT2D eigenvalue weighted by atomic mass is 9.96. The Morgan fingerprint density at radius 1 is 1.25 bits per heavy atom. The maximum Gasteiger partial charge on any atom is -0.0159 e. The van der Waals surface area contributed by atoms with Crippen molar-refractivity contribution in [2.75, 3.05) is 0 Å².